The van der Waals surface area contributed by atoms with Crippen LogP contribution >= 0.6 is 7.29 Å². The van der Waals surface area contributed by atoms with Gasteiger partial charge in [0.1, 0.15) is 13.3 Å². The Labute approximate surface area is 79.5 Å². The summed E-state index contributed by atoms with van der Waals surface area (Å²) in [6.07, 6.45) is -0.134. The van der Waals surface area contributed by atoms with Crippen molar-refractivity contribution in [1.29, 1.82) is 0 Å². The van der Waals surface area contributed by atoms with Gasteiger partial charge in [-0.25, -0.2) is 0 Å². The summed E-state index contributed by atoms with van der Waals surface area (Å²) in [6, 6.07) is -0.511. The zero-order valence-electron chi connectivity index (χ0n) is 8.83. The van der Waals surface area contributed by atoms with Crippen molar-refractivity contribution < 1.29 is 14.1 Å². The summed E-state index contributed by atoms with van der Waals surface area (Å²) in [5.74, 6) is -0.362. The molecule has 0 fully saturated rings. The summed E-state index contributed by atoms with van der Waals surface area (Å²) in [6.45, 7) is 8.35. The average Bonchev–Trinajstić information content (AvgIpc) is 1.81. The molecular weight excluding hydrogens is 189 g/mol. The minimum atomic E-state index is -2.37. The number of hydrogen-bond donors (Lipinski definition) is 1. The SMILES string of the molecule is CC(C)OC(=O)[C@H](C)NP(C)(C)=O. The van der Waals surface area contributed by atoms with Gasteiger partial charge in [0.05, 0.1) is 6.10 Å². The molecule has 4 nitrogen and oxygen atoms in total. The highest BCUT2D eigenvalue weighted by Gasteiger charge is 2.20. The van der Waals surface area contributed by atoms with Gasteiger partial charge in [-0.2, -0.15) is 0 Å². The van der Waals surface area contributed by atoms with E-state index in [1.165, 1.54) is 0 Å². The maximum absolute atomic E-state index is 11.3. The van der Waals surface area contributed by atoms with Crippen LogP contribution in [-0.4, -0.2) is 31.4 Å². The first kappa shape index (κ1) is 12.7. The predicted octanol–water partition coefficient (Wildman–Crippen LogP) is 1.45. The Balaban J connectivity index is 4.05. The molecule has 0 spiro atoms. The van der Waals surface area contributed by atoms with Crippen LogP contribution in [0.1, 0.15) is 20.8 Å². The minimum Gasteiger partial charge on any atom is -0.462 e. The summed E-state index contributed by atoms with van der Waals surface area (Å²) in [4.78, 5) is 11.2. The summed E-state index contributed by atoms with van der Waals surface area (Å²) < 4.78 is 16.2. The van der Waals surface area contributed by atoms with Gasteiger partial charge in [0, 0.05) is 13.3 Å². The van der Waals surface area contributed by atoms with Gasteiger partial charge in [0.25, 0.3) is 0 Å². The number of hydrogen-bond acceptors (Lipinski definition) is 3. The van der Waals surface area contributed by atoms with E-state index < -0.39 is 13.3 Å². The quantitative estimate of drug-likeness (QED) is 0.560. The molecule has 0 aromatic rings. The fourth-order valence-corrected chi connectivity index (χ4v) is 1.89. The van der Waals surface area contributed by atoms with E-state index >= 15 is 0 Å². The molecule has 0 radical (unpaired) electrons. The zero-order valence-corrected chi connectivity index (χ0v) is 9.72. The number of rotatable bonds is 4. The summed E-state index contributed by atoms with van der Waals surface area (Å²) >= 11 is 0. The molecule has 0 amide bonds. The lowest BCUT2D eigenvalue weighted by atomic mass is 10.4. The van der Waals surface area contributed by atoms with Gasteiger partial charge >= 0.3 is 5.97 Å². The first-order chi connectivity index (χ1) is 5.72. The summed E-state index contributed by atoms with van der Waals surface area (Å²) in [5, 5.41) is 2.71. The number of carbonyl (C=O) groups is 1. The maximum atomic E-state index is 11.3. The van der Waals surface area contributed by atoms with Crippen LogP contribution in [-0.2, 0) is 14.1 Å². The standard InChI is InChI=1S/C8H18NO3P/c1-6(2)12-8(10)7(3)9-13(4,5)11/h6-7H,1-5H3,(H,9,11)/t7-/m0/s1. The second-order valence-corrected chi connectivity index (χ2v) is 6.65. The van der Waals surface area contributed by atoms with Crippen molar-refractivity contribution in [3.8, 4) is 0 Å². The van der Waals surface area contributed by atoms with E-state index in [4.69, 9.17) is 4.74 Å². The smallest absolute Gasteiger partial charge is 0.323 e. The van der Waals surface area contributed by atoms with E-state index in [0.29, 0.717) is 0 Å². The highest BCUT2D eigenvalue weighted by Crippen LogP contribution is 2.30. The van der Waals surface area contributed by atoms with Crippen molar-refractivity contribution in [1.82, 2.24) is 5.09 Å². The Morgan fingerprint density at radius 1 is 1.31 bits per heavy atom. The molecule has 0 saturated carbocycles. The molecule has 0 saturated heterocycles. The molecule has 0 heterocycles. The van der Waals surface area contributed by atoms with Crippen LogP contribution in [0, 0.1) is 0 Å². The van der Waals surface area contributed by atoms with E-state index in [1.807, 2.05) is 0 Å². The van der Waals surface area contributed by atoms with Gasteiger partial charge in [0.2, 0.25) is 0 Å². The lowest BCUT2D eigenvalue weighted by Crippen LogP contribution is -2.34. The monoisotopic (exact) mass is 207 g/mol. The van der Waals surface area contributed by atoms with Gasteiger partial charge < -0.3 is 9.30 Å². The Morgan fingerprint density at radius 3 is 2.08 bits per heavy atom. The van der Waals surface area contributed by atoms with Gasteiger partial charge in [-0.05, 0) is 20.8 Å². The van der Waals surface area contributed by atoms with E-state index in [-0.39, 0.29) is 12.1 Å². The van der Waals surface area contributed by atoms with Crippen molar-refractivity contribution in [3.63, 3.8) is 0 Å². The molecular formula is C8H18NO3P. The van der Waals surface area contributed by atoms with Crippen LogP contribution in [0.5, 0.6) is 0 Å². The highest BCUT2D eigenvalue weighted by molar-refractivity contribution is 7.60. The fraction of sp³-hybridized carbons (Fsp3) is 0.875. The number of carbonyl (C=O) groups excluding carboxylic acids is 1. The number of ether oxygens (including phenoxy) is 1. The first-order valence-corrected chi connectivity index (χ1v) is 6.86. The van der Waals surface area contributed by atoms with Crippen molar-refractivity contribution in [2.75, 3.05) is 13.3 Å². The average molecular weight is 207 g/mol. The third-order valence-electron chi connectivity index (χ3n) is 1.21. The van der Waals surface area contributed by atoms with Crippen LogP contribution in [0.25, 0.3) is 0 Å². The molecule has 0 rings (SSSR count). The Morgan fingerprint density at radius 2 is 1.77 bits per heavy atom. The largest absolute Gasteiger partial charge is 0.462 e. The molecule has 0 aliphatic carbocycles. The van der Waals surface area contributed by atoms with Crippen LogP contribution in [0.3, 0.4) is 0 Å². The van der Waals surface area contributed by atoms with Crippen LogP contribution in [0.2, 0.25) is 0 Å². The first-order valence-electron chi connectivity index (χ1n) is 4.25. The predicted molar refractivity (Wildman–Crippen MR) is 53.3 cm³/mol. The van der Waals surface area contributed by atoms with Crippen molar-refractivity contribution in [3.05, 3.63) is 0 Å². The van der Waals surface area contributed by atoms with E-state index in [1.54, 1.807) is 34.1 Å². The lowest BCUT2D eigenvalue weighted by Gasteiger charge is -2.17. The van der Waals surface area contributed by atoms with Gasteiger partial charge in [-0.3, -0.25) is 9.88 Å². The molecule has 0 aromatic carbocycles. The number of esters is 1. The molecule has 0 aliphatic rings. The molecule has 1 atom stereocenters. The Bertz CT molecular complexity index is 221. The van der Waals surface area contributed by atoms with Gasteiger partial charge in [-0.1, -0.05) is 0 Å². The van der Waals surface area contributed by atoms with E-state index in [0.717, 1.165) is 0 Å². The fourth-order valence-electron chi connectivity index (χ4n) is 0.853. The molecule has 1 N–H and O–H groups in total. The van der Waals surface area contributed by atoms with Crippen LogP contribution in [0.15, 0.2) is 0 Å². The topological polar surface area (TPSA) is 55.4 Å². The minimum absolute atomic E-state index is 0.134. The maximum Gasteiger partial charge on any atom is 0.323 e. The van der Waals surface area contributed by atoms with E-state index in [9.17, 15) is 9.36 Å². The number of nitrogens with one attached hydrogen (secondary N) is 1. The Hall–Kier alpha value is -0.340. The van der Waals surface area contributed by atoms with Gasteiger partial charge in [0.15, 0.2) is 0 Å². The zero-order chi connectivity index (χ0) is 10.6. The normalized spacial score (nSPS) is 14.3. The third kappa shape index (κ3) is 6.79. The second kappa shape index (κ2) is 4.77. The second-order valence-electron chi connectivity index (χ2n) is 3.69. The van der Waals surface area contributed by atoms with Crippen molar-refractivity contribution in [2.24, 2.45) is 0 Å². The summed E-state index contributed by atoms with van der Waals surface area (Å²) in [5.41, 5.74) is 0. The molecule has 0 aromatic heterocycles. The Kier molecular flexibility index (Phi) is 4.65. The van der Waals surface area contributed by atoms with Crippen LogP contribution < -0.4 is 5.09 Å². The molecule has 13 heavy (non-hydrogen) atoms. The van der Waals surface area contributed by atoms with E-state index in [2.05, 4.69) is 5.09 Å². The van der Waals surface area contributed by atoms with Gasteiger partial charge in [-0.15, -0.1) is 0 Å². The highest BCUT2D eigenvalue weighted by atomic mass is 31.2. The molecule has 0 aliphatic heterocycles. The lowest BCUT2D eigenvalue weighted by molar-refractivity contribution is -0.148. The molecule has 78 valence electrons. The van der Waals surface area contributed by atoms with Crippen molar-refractivity contribution in [2.45, 2.75) is 32.9 Å². The van der Waals surface area contributed by atoms with Crippen LogP contribution in [0.4, 0.5) is 0 Å². The van der Waals surface area contributed by atoms with Crippen molar-refractivity contribution >= 4 is 13.3 Å². The molecule has 0 bridgehead atoms. The molecule has 5 heteroatoms. The summed E-state index contributed by atoms with van der Waals surface area (Å²) in [7, 11) is -2.37. The molecule has 0 unspecified atom stereocenters. The third-order valence-corrected chi connectivity index (χ3v) is 2.22.